The zero-order valence-corrected chi connectivity index (χ0v) is 18.0. The van der Waals surface area contributed by atoms with Crippen LogP contribution < -0.4 is 10.1 Å². The molecule has 2 aromatic carbocycles. The van der Waals surface area contributed by atoms with Gasteiger partial charge in [0.1, 0.15) is 23.9 Å². The van der Waals surface area contributed by atoms with Gasteiger partial charge < -0.3 is 14.5 Å². The van der Waals surface area contributed by atoms with Crippen molar-refractivity contribution < 1.29 is 18.3 Å². The maximum atomic E-state index is 13.3. The number of rotatable bonds is 7. The SMILES string of the molecule is Cc1cc(OCc2cccc(F)c2)ccc1NC(=O)Cc1nc(-c2ccsc2)oc1C. The average molecular weight is 437 g/mol. The molecule has 4 aromatic rings. The number of nitrogens with zero attached hydrogens (tertiary/aromatic N) is 1. The zero-order chi connectivity index (χ0) is 21.8. The predicted octanol–water partition coefficient (Wildman–Crippen LogP) is 5.92. The number of anilines is 1. The summed E-state index contributed by atoms with van der Waals surface area (Å²) in [7, 11) is 0. The molecule has 0 atom stereocenters. The zero-order valence-electron chi connectivity index (χ0n) is 17.1. The van der Waals surface area contributed by atoms with E-state index in [1.165, 1.54) is 12.1 Å². The molecule has 0 saturated heterocycles. The monoisotopic (exact) mass is 436 g/mol. The van der Waals surface area contributed by atoms with E-state index in [2.05, 4.69) is 10.3 Å². The number of ether oxygens (including phenoxy) is 1. The highest BCUT2D eigenvalue weighted by Gasteiger charge is 2.15. The molecule has 158 valence electrons. The summed E-state index contributed by atoms with van der Waals surface area (Å²) >= 11 is 1.56. The first-order chi connectivity index (χ1) is 15.0. The van der Waals surface area contributed by atoms with E-state index in [1.54, 1.807) is 35.6 Å². The first-order valence-electron chi connectivity index (χ1n) is 9.74. The molecular weight excluding hydrogens is 415 g/mol. The molecule has 0 saturated carbocycles. The number of nitrogens with one attached hydrogen (secondary N) is 1. The van der Waals surface area contributed by atoms with E-state index in [0.29, 0.717) is 28.8 Å². The maximum absolute atomic E-state index is 13.3. The number of carbonyl (C=O) groups is 1. The molecule has 5 nitrogen and oxygen atoms in total. The van der Waals surface area contributed by atoms with Gasteiger partial charge in [-0.3, -0.25) is 4.79 Å². The van der Waals surface area contributed by atoms with Gasteiger partial charge in [0.15, 0.2) is 0 Å². The molecule has 0 aliphatic heterocycles. The molecule has 0 unspecified atom stereocenters. The number of halogens is 1. The van der Waals surface area contributed by atoms with Gasteiger partial charge >= 0.3 is 0 Å². The number of amides is 1. The highest BCUT2D eigenvalue weighted by atomic mass is 32.1. The number of aromatic nitrogens is 1. The normalized spacial score (nSPS) is 10.8. The van der Waals surface area contributed by atoms with Crippen molar-refractivity contribution in [1.82, 2.24) is 4.98 Å². The van der Waals surface area contributed by atoms with Crippen molar-refractivity contribution in [3.05, 3.63) is 87.7 Å². The van der Waals surface area contributed by atoms with Crippen LogP contribution in [0.2, 0.25) is 0 Å². The van der Waals surface area contributed by atoms with E-state index < -0.39 is 0 Å². The number of aryl methyl sites for hydroxylation is 2. The number of benzene rings is 2. The van der Waals surface area contributed by atoms with Gasteiger partial charge in [-0.25, -0.2) is 9.37 Å². The lowest BCUT2D eigenvalue weighted by Crippen LogP contribution is -2.16. The van der Waals surface area contributed by atoms with Crippen molar-refractivity contribution in [2.45, 2.75) is 26.9 Å². The van der Waals surface area contributed by atoms with Crippen LogP contribution in [-0.4, -0.2) is 10.9 Å². The van der Waals surface area contributed by atoms with Crippen molar-refractivity contribution in [1.29, 1.82) is 0 Å². The third-order valence-electron chi connectivity index (χ3n) is 4.76. The Morgan fingerprint density at radius 3 is 2.81 bits per heavy atom. The average Bonchev–Trinajstić information content (AvgIpc) is 3.39. The lowest BCUT2D eigenvalue weighted by Gasteiger charge is -2.11. The Kier molecular flexibility index (Phi) is 6.13. The minimum atomic E-state index is -0.292. The number of oxazole rings is 1. The molecule has 0 aliphatic rings. The van der Waals surface area contributed by atoms with Crippen LogP contribution in [0.4, 0.5) is 10.1 Å². The Labute approximate surface area is 183 Å². The fourth-order valence-electron chi connectivity index (χ4n) is 3.11. The minimum Gasteiger partial charge on any atom is -0.489 e. The third kappa shape index (κ3) is 5.19. The molecule has 0 radical (unpaired) electrons. The number of thiophene rings is 1. The minimum absolute atomic E-state index is 0.122. The van der Waals surface area contributed by atoms with E-state index in [9.17, 15) is 9.18 Å². The van der Waals surface area contributed by atoms with Crippen LogP contribution in [0.3, 0.4) is 0 Å². The second kappa shape index (κ2) is 9.14. The second-order valence-corrected chi connectivity index (χ2v) is 7.93. The first kappa shape index (κ1) is 20.8. The molecule has 2 heterocycles. The van der Waals surface area contributed by atoms with Gasteiger partial charge in [0.05, 0.1) is 12.1 Å². The van der Waals surface area contributed by atoms with Gasteiger partial charge in [-0.05, 0) is 66.8 Å². The van der Waals surface area contributed by atoms with Gasteiger partial charge in [0.2, 0.25) is 11.8 Å². The van der Waals surface area contributed by atoms with E-state index >= 15 is 0 Å². The van der Waals surface area contributed by atoms with Crippen molar-refractivity contribution in [2.75, 3.05) is 5.32 Å². The standard InChI is InChI=1S/C24H21FN2O3S/c1-15-10-20(29-13-17-4-3-5-19(25)11-17)6-7-21(15)26-23(28)12-22-16(2)30-24(27-22)18-8-9-31-14-18/h3-11,14H,12-13H2,1-2H3,(H,26,28). The highest BCUT2D eigenvalue weighted by molar-refractivity contribution is 7.08. The predicted molar refractivity (Wildman–Crippen MR) is 119 cm³/mol. The molecule has 0 fully saturated rings. The topological polar surface area (TPSA) is 64.4 Å². The van der Waals surface area contributed by atoms with Crippen LogP contribution in [-0.2, 0) is 17.8 Å². The van der Waals surface area contributed by atoms with Crippen LogP contribution in [0.25, 0.3) is 11.5 Å². The number of hydrogen-bond donors (Lipinski definition) is 1. The summed E-state index contributed by atoms with van der Waals surface area (Å²) in [5.74, 6) is 1.34. The summed E-state index contributed by atoms with van der Waals surface area (Å²) < 4.78 is 24.7. The van der Waals surface area contributed by atoms with Crippen LogP contribution in [0.1, 0.15) is 22.6 Å². The van der Waals surface area contributed by atoms with Gasteiger partial charge in [0, 0.05) is 16.6 Å². The summed E-state index contributed by atoms with van der Waals surface area (Å²) in [5.41, 5.74) is 3.83. The smallest absolute Gasteiger partial charge is 0.230 e. The number of carbonyl (C=O) groups excluding carboxylic acids is 1. The lowest BCUT2D eigenvalue weighted by molar-refractivity contribution is -0.115. The van der Waals surface area contributed by atoms with E-state index in [0.717, 1.165) is 16.7 Å². The molecular formula is C24H21FN2O3S. The molecule has 2 aromatic heterocycles. The Bertz CT molecular complexity index is 1200. The lowest BCUT2D eigenvalue weighted by atomic mass is 10.1. The van der Waals surface area contributed by atoms with E-state index in [4.69, 9.17) is 9.15 Å². The quantitative estimate of drug-likeness (QED) is 0.391. The van der Waals surface area contributed by atoms with Crippen molar-refractivity contribution in [2.24, 2.45) is 0 Å². The summed E-state index contributed by atoms with van der Waals surface area (Å²) in [5, 5.41) is 6.82. The Hall–Kier alpha value is -3.45. The Morgan fingerprint density at radius 2 is 2.06 bits per heavy atom. The molecule has 1 amide bonds. The fourth-order valence-corrected chi connectivity index (χ4v) is 3.74. The van der Waals surface area contributed by atoms with Crippen LogP contribution in [0.15, 0.2) is 63.7 Å². The van der Waals surface area contributed by atoms with Crippen LogP contribution in [0.5, 0.6) is 5.75 Å². The fraction of sp³-hybridized carbons (Fsp3) is 0.167. The van der Waals surface area contributed by atoms with Crippen molar-refractivity contribution >= 4 is 22.9 Å². The molecule has 31 heavy (non-hydrogen) atoms. The summed E-state index contributed by atoms with van der Waals surface area (Å²) in [4.78, 5) is 17.0. The van der Waals surface area contributed by atoms with Crippen LogP contribution >= 0.6 is 11.3 Å². The second-order valence-electron chi connectivity index (χ2n) is 7.15. The van der Waals surface area contributed by atoms with E-state index in [1.807, 2.05) is 36.7 Å². The first-order valence-corrected chi connectivity index (χ1v) is 10.7. The van der Waals surface area contributed by atoms with Crippen molar-refractivity contribution in [3.63, 3.8) is 0 Å². The molecule has 0 bridgehead atoms. The maximum Gasteiger partial charge on any atom is 0.230 e. The van der Waals surface area contributed by atoms with Crippen LogP contribution in [0, 0.1) is 19.7 Å². The van der Waals surface area contributed by atoms with Crippen molar-refractivity contribution in [3.8, 4) is 17.2 Å². The Morgan fingerprint density at radius 1 is 1.19 bits per heavy atom. The van der Waals surface area contributed by atoms with E-state index in [-0.39, 0.29) is 24.8 Å². The molecule has 0 spiro atoms. The summed E-state index contributed by atoms with van der Waals surface area (Å²) in [6.45, 7) is 3.96. The van der Waals surface area contributed by atoms with Gasteiger partial charge in [-0.1, -0.05) is 12.1 Å². The summed E-state index contributed by atoms with van der Waals surface area (Å²) in [6.07, 6.45) is 0.122. The third-order valence-corrected chi connectivity index (χ3v) is 5.44. The molecule has 4 rings (SSSR count). The summed E-state index contributed by atoms with van der Waals surface area (Å²) in [6, 6.07) is 13.6. The van der Waals surface area contributed by atoms with Gasteiger partial charge in [0.25, 0.3) is 0 Å². The van der Waals surface area contributed by atoms with Gasteiger partial charge in [-0.15, -0.1) is 0 Å². The number of hydrogen-bond acceptors (Lipinski definition) is 5. The molecule has 0 aliphatic carbocycles. The highest BCUT2D eigenvalue weighted by Crippen LogP contribution is 2.25. The molecule has 7 heteroatoms. The van der Waals surface area contributed by atoms with Gasteiger partial charge in [-0.2, -0.15) is 11.3 Å². The Balaban J connectivity index is 1.37. The molecule has 1 N–H and O–H groups in total. The largest absolute Gasteiger partial charge is 0.489 e.